The zero-order valence-electron chi connectivity index (χ0n) is 10.9. The van der Waals surface area contributed by atoms with Crippen LogP contribution in [0.4, 0.5) is 8.78 Å². The first kappa shape index (κ1) is 14.0. The van der Waals surface area contributed by atoms with Gasteiger partial charge < -0.3 is 5.21 Å². The van der Waals surface area contributed by atoms with E-state index in [1.807, 2.05) is 0 Å². The number of hydrogen-bond donors (Lipinski definition) is 1. The molecule has 0 spiro atoms. The highest BCUT2D eigenvalue weighted by Crippen LogP contribution is 2.52. The topological polar surface area (TPSA) is 32.6 Å². The van der Waals surface area contributed by atoms with Crippen molar-refractivity contribution in [2.45, 2.75) is 12.3 Å². The second-order valence-electron chi connectivity index (χ2n) is 5.08. The molecule has 108 valence electrons. The summed E-state index contributed by atoms with van der Waals surface area (Å²) in [5, 5.41) is 12.9. The number of hydrogen-bond acceptors (Lipinski definition) is 2. The summed E-state index contributed by atoms with van der Waals surface area (Å²) in [6, 6.07) is 10.3. The summed E-state index contributed by atoms with van der Waals surface area (Å²) in [6.45, 7) is 0. The summed E-state index contributed by atoms with van der Waals surface area (Å²) < 4.78 is 26.8. The summed E-state index contributed by atoms with van der Waals surface area (Å²) in [6.07, 6.45) is 0.650. The number of halogens is 3. The molecule has 1 saturated carbocycles. The smallest absolute Gasteiger partial charge is 0.128 e. The standard InChI is InChI=1S/C16H12ClF2NO/c17-13-2-1-3-14(19)15(13)11-8-12(11)16(20-21)9-4-6-10(18)7-5-9/h1-7,11-12,21H,8H2/b20-16+/t11-,12+/m0/s1. The van der Waals surface area contributed by atoms with Crippen LogP contribution in [0.1, 0.15) is 23.5 Å². The Kier molecular flexibility index (Phi) is 3.64. The third-order valence-electron chi connectivity index (χ3n) is 3.76. The van der Waals surface area contributed by atoms with Gasteiger partial charge in [0.1, 0.15) is 11.6 Å². The van der Waals surface area contributed by atoms with Gasteiger partial charge in [-0.25, -0.2) is 8.78 Å². The predicted molar refractivity (Wildman–Crippen MR) is 77.0 cm³/mol. The van der Waals surface area contributed by atoms with Crippen LogP contribution in [-0.2, 0) is 0 Å². The lowest BCUT2D eigenvalue weighted by Gasteiger charge is -2.07. The number of nitrogens with zero attached hydrogens (tertiary/aromatic N) is 1. The van der Waals surface area contributed by atoms with Gasteiger partial charge in [0.05, 0.1) is 5.71 Å². The molecule has 2 aromatic carbocycles. The first-order valence-corrected chi connectivity index (χ1v) is 6.91. The van der Waals surface area contributed by atoms with Crippen molar-refractivity contribution in [2.75, 3.05) is 0 Å². The molecule has 0 bridgehead atoms. The number of rotatable bonds is 3. The highest BCUT2D eigenvalue weighted by Gasteiger charge is 2.45. The fourth-order valence-corrected chi connectivity index (χ4v) is 2.95. The van der Waals surface area contributed by atoms with Gasteiger partial charge in [-0.05, 0) is 42.2 Å². The molecule has 1 N–H and O–H groups in total. The normalized spacial score (nSPS) is 21.4. The van der Waals surface area contributed by atoms with Gasteiger partial charge in [-0.1, -0.05) is 35.0 Å². The molecule has 1 aliphatic rings. The van der Waals surface area contributed by atoms with E-state index < -0.39 is 0 Å². The molecule has 0 aromatic heterocycles. The Hall–Kier alpha value is -1.94. The van der Waals surface area contributed by atoms with E-state index in [1.165, 1.54) is 18.2 Å². The van der Waals surface area contributed by atoms with Crippen LogP contribution in [0, 0.1) is 17.6 Å². The minimum Gasteiger partial charge on any atom is -0.411 e. The molecule has 2 aromatic rings. The summed E-state index contributed by atoms with van der Waals surface area (Å²) in [5.74, 6) is -0.948. The Morgan fingerprint density at radius 1 is 1.14 bits per heavy atom. The van der Waals surface area contributed by atoms with Gasteiger partial charge in [-0.15, -0.1) is 0 Å². The first-order chi connectivity index (χ1) is 10.1. The van der Waals surface area contributed by atoms with Gasteiger partial charge in [0.2, 0.25) is 0 Å². The molecule has 21 heavy (non-hydrogen) atoms. The minimum absolute atomic E-state index is 0.116. The Morgan fingerprint density at radius 3 is 2.48 bits per heavy atom. The van der Waals surface area contributed by atoms with Gasteiger partial charge >= 0.3 is 0 Å². The molecule has 5 heteroatoms. The molecule has 0 unspecified atom stereocenters. The molecule has 0 heterocycles. The lowest BCUT2D eigenvalue weighted by atomic mass is 10.0. The van der Waals surface area contributed by atoms with Crippen LogP contribution in [0.25, 0.3) is 0 Å². The van der Waals surface area contributed by atoms with Crippen molar-refractivity contribution < 1.29 is 14.0 Å². The van der Waals surface area contributed by atoms with E-state index in [2.05, 4.69) is 5.16 Å². The molecule has 0 saturated heterocycles. The van der Waals surface area contributed by atoms with Gasteiger partial charge in [0, 0.05) is 16.5 Å². The number of oxime groups is 1. The average molecular weight is 308 g/mol. The van der Waals surface area contributed by atoms with Crippen molar-refractivity contribution in [1.29, 1.82) is 0 Å². The average Bonchev–Trinajstić information content (AvgIpc) is 3.22. The molecular weight excluding hydrogens is 296 g/mol. The van der Waals surface area contributed by atoms with Crippen molar-refractivity contribution in [3.63, 3.8) is 0 Å². The second kappa shape index (κ2) is 5.45. The first-order valence-electron chi connectivity index (χ1n) is 6.53. The maximum absolute atomic E-state index is 13.9. The fourth-order valence-electron chi connectivity index (χ4n) is 2.65. The van der Waals surface area contributed by atoms with E-state index in [0.717, 1.165) is 0 Å². The zero-order valence-corrected chi connectivity index (χ0v) is 11.7. The van der Waals surface area contributed by atoms with E-state index in [9.17, 15) is 14.0 Å². The molecule has 0 radical (unpaired) electrons. The molecular formula is C16H12ClF2NO. The molecule has 1 fully saturated rings. The van der Waals surface area contributed by atoms with E-state index in [1.54, 1.807) is 24.3 Å². The molecule has 2 nitrogen and oxygen atoms in total. The highest BCUT2D eigenvalue weighted by molar-refractivity contribution is 6.31. The van der Waals surface area contributed by atoms with E-state index in [0.29, 0.717) is 28.3 Å². The largest absolute Gasteiger partial charge is 0.411 e. The minimum atomic E-state index is -0.361. The fraction of sp³-hybridized carbons (Fsp3) is 0.188. The predicted octanol–water partition coefficient (Wildman–Crippen LogP) is 4.60. The summed E-state index contributed by atoms with van der Waals surface area (Å²) >= 11 is 6.05. The highest BCUT2D eigenvalue weighted by atomic mass is 35.5. The monoisotopic (exact) mass is 307 g/mol. The summed E-state index contributed by atoms with van der Waals surface area (Å²) in [7, 11) is 0. The van der Waals surface area contributed by atoms with Crippen LogP contribution in [0.3, 0.4) is 0 Å². The molecule has 1 aliphatic carbocycles. The van der Waals surface area contributed by atoms with Crippen LogP contribution < -0.4 is 0 Å². The van der Waals surface area contributed by atoms with Gasteiger partial charge in [0.25, 0.3) is 0 Å². The summed E-state index contributed by atoms with van der Waals surface area (Å²) in [4.78, 5) is 0. The third kappa shape index (κ3) is 2.63. The maximum atomic E-state index is 13.9. The van der Waals surface area contributed by atoms with Crippen LogP contribution in [0.5, 0.6) is 0 Å². The quantitative estimate of drug-likeness (QED) is 0.502. The molecule has 2 atom stereocenters. The molecule has 3 rings (SSSR count). The van der Waals surface area contributed by atoms with Crippen molar-refractivity contribution in [1.82, 2.24) is 0 Å². The van der Waals surface area contributed by atoms with E-state index in [4.69, 9.17) is 11.6 Å². The van der Waals surface area contributed by atoms with Gasteiger partial charge in [-0.2, -0.15) is 0 Å². The Labute approximate surface area is 125 Å². The van der Waals surface area contributed by atoms with Crippen molar-refractivity contribution in [3.05, 3.63) is 70.2 Å². The van der Waals surface area contributed by atoms with Gasteiger partial charge in [-0.3, -0.25) is 0 Å². The lowest BCUT2D eigenvalue weighted by Crippen LogP contribution is -2.06. The van der Waals surface area contributed by atoms with Crippen molar-refractivity contribution >= 4 is 17.3 Å². The zero-order chi connectivity index (χ0) is 15.0. The van der Waals surface area contributed by atoms with Crippen LogP contribution in [0.15, 0.2) is 47.6 Å². The Bertz CT molecular complexity index is 680. The van der Waals surface area contributed by atoms with E-state index in [-0.39, 0.29) is 23.5 Å². The van der Waals surface area contributed by atoms with Crippen LogP contribution in [0.2, 0.25) is 5.02 Å². The maximum Gasteiger partial charge on any atom is 0.128 e. The van der Waals surface area contributed by atoms with Crippen LogP contribution in [-0.4, -0.2) is 10.9 Å². The molecule has 0 amide bonds. The van der Waals surface area contributed by atoms with Crippen molar-refractivity contribution in [3.8, 4) is 0 Å². The third-order valence-corrected chi connectivity index (χ3v) is 4.09. The number of benzene rings is 2. The van der Waals surface area contributed by atoms with Crippen molar-refractivity contribution in [2.24, 2.45) is 11.1 Å². The van der Waals surface area contributed by atoms with Gasteiger partial charge in [0.15, 0.2) is 0 Å². The SMILES string of the molecule is O/N=C(\c1ccc(F)cc1)[C@@H]1C[C@@H]1c1c(F)cccc1Cl. The van der Waals surface area contributed by atoms with E-state index >= 15 is 0 Å². The Balaban J connectivity index is 1.88. The van der Waals surface area contributed by atoms with Crippen LogP contribution >= 0.6 is 11.6 Å². The lowest BCUT2D eigenvalue weighted by molar-refractivity contribution is 0.317. The Morgan fingerprint density at radius 2 is 1.86 bits per heavy atom. The molecule has 0 aliphatic heterocycles. The summed E-state index contributed by atoms with van der Waals surface area (Å²) in [5.41, 5.74) is 1.51. The second-order valence-corrected chi connectivity index (χ2v) is 5.48.